The number of piperazine rings is 1. The van der Waals surface area contributed by atoms with E-state index in [-0.39, 0.29) is 5.91 Å². The van der Waals surface area contributed by atoms with Crippen molar-refractivity contribution in [3.05, 3.63) is 21.5 Å². The second-order valence-electron chi connectivity index (χ2n) is 3.87. The molecular weight excluding hydrogens is 317 g/mol. The van der Waals surface area contributed by atoms with Crippen LogP contribution in [0.2, 0.25) is 0 Å². The number of halogens is 1. The molecule has 1 aliphatic rings. The summed E-state index contributed by atoms with van der Waals surface area (Å²) in [6, 6.07) is 1.97. The first kappa shape index (κ1) is 11.9. The van der Waals surface area contributed by atoms with Gasteiger partial charge in [0.1, 0.15) is 5.69 Å². The van der Waals surface area contributed by atoms with Crippen molar-refractivity contribution in [1.82, 2.24) is 14.8 Å². The van der Waals surface area contributed by atoms with E-state index in [9.17, 15) is 4.79 Å². The van der Waals surface area contributed by atoms with E-state index in [0.29, 0.717) is 0 Å². The molecule has 0 spiro atoms. The number of carbonyl (C=O) groups excluding carboxylic acids is 1. The third kappa shape index (κ3) is 2.40. The Bertz CT molecular complexity index is 383. The predicted molar refractivity (Wildman–Crippen MR) is 71.6 cm³/mol. The lowest BCUT2D eigenvalue weighted by molar-refractivity contribution is 0.0725. The van der Waals surface area contributed by atoms with Crippen molar-refractivity contribution in [2.75, 3.05) is 26.2 Å². The van der Waals surface area contributed by atoms with Gasteiger partial charge in [0.2, 0.25) is 0 Å². The lowest BCUT2D eigenvalue weighted by atomic mass is 10.3. The lowest BCUT2D eigenvalue weighted by Crippen LogP contribution is -2.46. The highest BCUT2D eigenvalue weighted by atomic mass is 127. The molecule has 2 rings (SSSR count). The normalized spacial score (nSPS) is 16.5. The zero-order valence-corrected chi connectivity index (χ0v) is 11.5. The Hall–Kier alpha value is -0.560. The maximum absolute atomic E-state index is 12.3. The van der Waals surface area contributed by atoms with Crippen molar-refractivity contribution >= 4 is 28.5 Å². The number of aromatic nitrogens is 1. The van der Waals surface area contributed by atoms with E-state index in [2.05, 4.69) is 34.8 Å². The molecule has 0 aliphatic carbocycles. The van der Waals surface area contributed by atoms with Crippen molar-refractivity contribution in [3.8, 4) is 0 Å². The Labute approximate surface area is 109 Å². The van der Waals surface area contributed by atoms with Crippen LogP contribution in [0.3, 0.4) is 0 Å². The van der Waals surface area contributed by atoms with Gasteiger partial charge in [0, 0.05) is 42.5 Å². The van der Waals surface area contributed by atoms with Crippen LogP contribution in [-0.4, -0.2) is 41.6 Å². The van der Waals surface area contributed by atoms with Gasteiger partial charge in [0.25, 0.3) is 5.91 Å². The predicted octanol–water partition coefficient (Wildman–Crippen LogP) is 1.16. The first-order valence-electron chi connectivity index (χ1n) is 5.58. The summed E-state index contributed by atoms with van der Waals surface area (Å²) in [6.07, 6.45) is 2.02. The van der Waals surface area contributed by atoms with Gasteiger partial charge in [0.05, 0.1) is 0 Å². The molecule has 0 saturated carbocycles. The fraction of sp³-hybridized carbons (Fsp3) is 0.545. The van der Waals surface area contributed by atoms with E-state index in [0.717, 1.165) is 42.0 Å². The Morgan fingerprint density at radius 2 is 2.19 bits per heavy atom. The fourth-order valence-corrected chi connectivity index (χ4v) is 2.58. The van der Waals surface area contributed by atoms with Crippen molar-refractivity contribution in [1.29, 1.82) is 0 Å². The number of carbonyl (C=O) groups is 1. The quantitative estimate of drug-likeness (QED) is 0.825. The van der Waals surface area contributed by atoms with E-state index in [1.807, 2.05) is 21.7 Å². The fourth-order valence-electron chi connectivity index (χ4n) is 1.95. The molecule has 4 nitrogen and oxygen atoms in total. The standard InChI is InChI=1S/C11H16IN3O/c1-2-14-8-9(12)7-10(14)11(16)15-5-3-13-4-6-15/h7-8,13H,2-6H2,1H3. The monoisotopic (exact) mass is 333 g/mol. The van der Waals surface area contributed by atoms with Crippen LogP contribution in [0.1, 0.15) is 17.4 Å². The van der Waals surface area contributed by atoms with Gasteiger partial charge in [-0.2, -0.15) is 0 Å². The highest BCUT2D eigenvalue weighted by molar-refractivity contribution is 14.1. The second-order valence-corrected chi connectivity index (χ2v) is 5.12. The summed E-state index contributed by atoms with van der Waals surface area (Å²) in [5.74, 6) is 0.159. The molecule has 0 aromatic carbocycles. The molecule has 1 saturated heterocycles. The molecule has 16 heavy (non-hydrogen) atoms. The molecule has 5 heteroatoms. The maximum Gasteiger partial charge on any atom is 0.270 e. The molecule has 0 bridgehead atoms. The number of hydrogen-bond acceptors (Lipinski definition) is 2. The summed E-state index contributed by atoms with van der Waals surface area (Å²) in [5.41, 5.74) is 0.814. The second kappa shape index (κ2) is 5.18. The highest BCUT2D eigenvalue weighted by Gasteiger charge is 2.20. The molecule has 0 atom stereocenters. The van der Waals surface area contributed by atoms with E-state index in [4.69, 9.17) is 0 Å². The maximum atomic E-state index is 12.3. The van der Waals surface area contributed by atoms with Crippen LogP contribution in [0.5, 0.6) is 0 Å². The minimum atomic E-state index is 0.159. The van der Waals surface area contributed by atoms with Crippen molar-refractivity contribution in [2.45, 2.75) is 13.5 Å². The van der Waals surface area contributed by atoms with Crippen LogP contribution in [0.4, 0.5) is 0 Å². The van der Waals surface area contributed by atoms with Crippen LogP contribution >= 0.6 is 22.6 Å². The first-order valence-corrected chi connectivity index (χ1v) is 6.66. The molecule has 1 aromatic heterocycles. The van der Waals surface area contributed by atoms with Crippen LogP contribution in [-0.2, 0) is 6.54 Å². The minimum absolute atomic E-state index is 0.159. The third-order valence-electron chi connectivity index (χ3n) is 2.83. The Morgan fingerprint density at radius 1 is 1.50 bits per heavy atom. The molecule has 1 amide bonds. The molecule has 0 radical (unpaired) electrons. The SMILES string of the molecule is CCn1cc(I)cc1C(=O)N1CCNCC1. The number of hydrogen-bond donors (Lipinski definition) is 1. The largest absolute Gasteiger partial charge is 0.343 e. The molecule has 1 N–H and O–H groups in total. The molecular formula is C11H16IN3O. The van der Waals surface area contributed by atoms with Gasteiger partial charge in [-0.25, -0.2) is 0 Å². The topological polar surface area (TPSA) is 37.3 Å². The van der Waals surface area contributed by atoms with Gasteiger partial charge in [-0.3, -0.25) is 4.79 Å². The number of amides is 1. The molecule has 0 unspecified atom stereocenters. The zero-order valence-electron chi connectivity index (χ0n) is 9.37. The number of aryl methyl sites for hydroxylation is 1. The smallest absolute Gasteiger partial charge is 0.270 e. The van der Waals surface area contributed by atoms with Crippen LogP contribution < -0.4 is 5.32 Å². The van der Waals surface area contributed by atoms with Crippen LogP contribution in [0, 0.1) is 3.57 Å². The molecule has 1 aromatic rings. The van der Waals surface area contributed by atoms with Crippen molar-refractivity contribution in [3.63, 3.8) is 0 Å². The Morgan fingerprint density at radius 3 is 2.81 bits per heavy atom. The molecule has 1 aliphatic heterocycles. The number of nitrogens with zero attached hydrogens (tertiary/aromatic N) is 2. The van der Waals surface area contributed by atoms with E-state index >= 15 is 0 Å². The average Bonchev–Trinajstić information content (AvgIpc) is 2.70. The molecule has 88 valence electrons. The Kier molecular flexibility index (Phi) is 3.86. The van der Waals surface area contributed by atoms with Gasteiger partial charge in [-0.05, 0) is 35.6 Å². The van der Waals surface area contributed by atoms with Gasteiger partial charge in [-0.1, -0.05) is 0 Å². The summed E-state index contributed by atoms with van der Waals surface area (Å²) in [7, 11) is 0. The van der Waals surface area contributed by atoms with Crippen LogP contribution in [0.25, 0.3) is 0 Å². The minimum Gasteiger partial charge on any atom is -0.343 e. The third-order valence-corrected chi connectivity index (χ3v) is 3.42. The number of rotatable bonds is 2. The first-order chi connectivity index (χ1) is 7.72. The lowest BCUT2D eigenvalue weighted by Gasteiger charge is -2.27. The van der Waals surface area contributed by atoms with Crippen LogP contribution in [0.15, 0.2) is 12.3 Å². The van der Waals surface area contributed by atoms with Crippen molar-refractivity contribution < 1.29 is 4.79 Å². The summed E-state index contributed by atoms with van der Waals surface area (Å²) < 4.78 is 3.14. The zero-order chi connectivity index (χ0) is 11.5. The summed E-state index contributed by atoms with van der Waals surface area (Å²) in [5, 5.41) is 3.25. The summed E-state index contributed by atoms with van der Waals surface area (Å²) in [4.78, 5) is 14.2. The van der Waals surface area contributed by atoms with E-state index < -0.39 is 0 Å². The van der Waals surface area contributed by atoms with Gasteiger partial charge < -0.3 is 14.8 Å². The van der Waals surface area contributed by atoms with Crippen molar-refractivity contribution in [2.24, 2.45) is 0 Å². The summed E-state index contributed by atoms with van der Waals surface area (Å²) in [6.45, 7) is 6.32. The van der Waals surface area contributed by atoms with E-state index in [1.54, 1.807) is 0 Å². The average molecular weight is 333 g/mol. The van der Waals surface area contributed by atoms with E-state index in [1.165, 1.54) is 0 Å². The van der Waals surface area contributed by atoms with Gasteiger partial charge in [0.15, 0.2) is 0 Å². The Balaban J connectivity index is 2.18. The van der Waals surface area contributed by atoms with Gasteiger partial charge in [-0.15, -0.1) is 0 Å². The molecule has 2 heterocycles. The number of nitrogens with one attached hydrogen (secondary N) is 1. The van der Waals surface area contributed by atoms with Gasteiger partial charge >= 0.3 is 0 Å². The molecule has 1 fully saturated rings. The highest BCUT2D eigenvalue weighted by Crippen LogP contribution is 2.13. The summed E-state index contributed by atoms with van der Waals surface area (Å²) >= 11 is 2.25.